The molecule has 6 aliphatic rings. The minimum atomic E-state index is -4.56. The predicted molar refractivity (Wildman–Crippen MR) is 336 cm³/mol. The molecule has 7 aromatic rings. The lowest BCUT2D eigenvalue weighted by atomic mass is 9.68. The second-order valence-electron chi connectivity index (χ2n) is 24.3. The summed E-state index contributed by atoms with van der Waals surface area (Å²) in [6.45, 7) is 11.6. The van der Waals surface area contributed by atoms with Gasteiger partial charge >= 0.3 is 26.0 Å². The molecule has 4 unspecified atom stereocenters. The van der Waals surface area contributed by atoms with E-state index >= 15 is 13.2 Å². The first kappa shape index (κ1) is 61.9. The van der Waals surface area contributed by atoms with Crippen molar-refractivity contribution in [1.29, 1.82) is 0 Å². The van der Waals surface area contributed by atoms with Gasteiger partial charge in [-0.1, -0.05) is 41.9 Å². The first-order chi connectivity index (χ1) is 42.8. The van der Waals surface area contributed by atoms with Crippen LogP contribution in [0.3, 0.4) is 0 Å². The summed E-state index contributed by atoms with van der Waals surface area (Å²) in [7, 11) is -6.95. The highest BCUT2D eigenvalue weighted by Gasteiger charge is 2.75. The van der Waals surface area contributed by atoms with E-state index in [4.69, 9.17) is 16.3 Å². The lowest BCUT2D eigenvalue weighted by Crippen LogP contribution is -2.72. The van der Waals surface area contributed by atoms with Crippen molar-refractivity contribution in [3.63, 3.8) is 0 Å². The quantitative estimate of drug-likeness (QED) is 0.0559. The summed E-state index contributed by atoms with van der Waals surface area (Å²) >= 11 is 6.33. The average Bonchev–Trinajstić information content (AvgIpc) is 1.59. The molecule has 13 rings (SSSR count). The van der Waals surface area contributed by atoms with E-state index < -0.39 is 64.4 Å². The second kappa shape index (κ2) is 24.1. The van der Waals surface area contributed by atoms with E-state index in [2.05, 4.69) is 37.9 Å². The first-order valence-electron chi connectivity index (χ1n) is 30.2. The largest absolute Gasteiger partial charge is 0.387 e. The molecule has 7 heterocycles. The molecule has 5 aliphatic heterocycles. The number of fused-ring (bicyclic) bond motifs is 4. The van der Waals surface area contributed by atoms with Crippen LogP contribution in [0.5, 0.6) is 0 Å². The Kier molecular flexibility index (Phi) is 16.8. The highest BCUT2D eigenvalue weighted by atomic mass is 35.5. The maximum absolute atomic E-state index is 15.3. The zero-order valence-electron chi connectivity index (χ0n) is 49.9. The highest BCUT2D eigenvalue weighted by molar-refractivity contribution is 7.91. The van der Waals surface area contributed by atoms with Gasteiger partial charge in [-0.2, -0.15) is 25.8 Å². The van der Waals surface area contributed by atoms with E-state index in [0.717, 1.165) is 60.4 Å². The topological polar surface area (TPSA) is 208 Å². The van der Waals surface area contributed by atoms with Crippen LogP contribution in [0.4, 0.5) is 20.2 Å². The summed E-state index contributed by atoms with van der Waals surface area (Å²) in [6.07, 6.45) is 8.08. The third kappa shape index (κ3) is 10.2. The van der Waals surface area contributed by atoms with Gasteiger partial charge in [0.2, 0.25) is 0 Å². The summed E-state index contributed by atoms with van der Waals surface area (Å²) in [5.41, 5.74) is 5.44. The molecule has 464 valence electrons. The molecule has 5 aromatic carbocycles. The molecule has 3 amide bonds. The number of piperidine rings is 2. The van der Waals surface area contributed by atoms with Crippen molar-refractivity contribution in [2.75, 3.05) is 39.4 Å². The number of hydrogen-bond acceptors (Lipinski definition) is 12. The molecule has 89 heavy (non-hydrogen) atoms. The zero-order valence-corrected chi connectivity index (χ0v) is 52.2. The number of carbonyl (C=O) groups is 3. The Morgan fingerprint density at radius 2 is 1.29 bits per heavy atom. The summed E-state index contributed by atoms with van der Waals surface area (Å²) < 4.78 is 94.5. The number of nitrogens with zero attached hydrogens (tertiary/aromatic N) is 5. The van der Waals surface area contributed by atoms with Crippen LogP contribution in [0.15, 0.2) is 156 Å². The summed E-state index contributed by atoms with van der Waals surface area (Å²) in [5.74, 6) is -2.37. The molecule has 17 nitrogen and oxygen atoms in total. The van der Waals surface area contributed by atoms with Gasteiger partial charge in [0.1, 0.15) is 46.7 Å². The maximum atomic E-state index is 15.3. The van der Waals surface area contributed by atoms with Crippen molar-refractivity contribution in [1.82, 2.24) is 43.8 Å². The van der Waals surface area contributed by atoms with Crippen molar-refractivity contribution in [3.8, 4) is 0 Å². The van der Waals surface area contributed by atoms with Gasteiger partial charge in [0, 0.05) is 77.2 Å². The standard InChI is InChI=1S/C35H35ClFN5O4S.C32H35FN4O4S/c1-22-19-30(40-41(22)2)34(44)42(47(45,46)27-12-10-26(37)11-13-27)31-14-9-24(33(43)39-21-25-5-3-4-6-29(25)36)20-28(31)35(15-17-38-18-16-35)32(42)23-7-8-23;1-3-5-30-32(13-16-34-17-14-32)27-18-23(31(38)36-19-28-22(2)6-4-15-35-28)7-12-29(27)37(30,25-20-41-21-25)42(39,40)26-10-8-24(33)9-11-26/h3-6,9-14,19-20,23,32,38H,7-8,15-18,21H2,1-2H3;3-4,6-12,15,18,25,30,34H,1,5,13-14,16-17,19-21H2,2H3/p+2. The van der Waals surface area contributed by atoms with Crippen molar-refractivity contribution < 1.29 is 44.7 Å². The fourth-order valence-corrected chi connectivity index (χ4v) is 19.8. The molecule has 1 aliphatic carbocycles. The van der Waals surface area contributed by atoms with Gasteiger partial charge < -0.3 is 26.0 Å². The Bertz CT molecular complexity index is 4130. The van der Waals surface area contributed by atoms with Gasteiger partial charge in [-0.3, -0.25) is 19.3 Å². The molecule has 0 radical (unpaired) electrons. The molecule has 22 heteroatoms. The van der Waals surface area contributed by atoms with Crippen LogP contribution < -0.4 is 29.0 Å². The van der Waals surface area contributed by atoms with Crippen LogP contribution in [0.2, 0.25) is 5.02 Å². The number of amides is 3. The van der Waals surface area contributed by atoms with Crippen LogP contribution >= 0.6 is 11.6 Å². The van der Waals surface area contributed by atoms with Gasteiger partial charge in [-0.25, -0.2) is 13.6 Å². The normalized spacial score (nSPS) is 22.5. The summed E-state index contributed by atoms with van der Waals surface area (Å²) in [6, 6.07) is 31.5. The van der Waals surface area contributed by atoms with E-state index in [-0.39, 0.29) is 69.5 Å². The molecule has 4 N–H and O–H groups in total. The number of benzene rings is 5. The fraction of sp³-hybridized carbons (Fsp3) is 0.358. The molecule has 3 saturated heterocycles. The molecule has 0 bridgehead atoms. The van der Waals surface area contributed by atoms with Gasteiger partial charge in [-0.05, 0) is 181 Å². The van der Waals surface area contributed by atoms with Gasteiger partial charge in [0.15, 0.2) is 23.1 Å². The van der Waals surface area contributed by atoms with Crippen LogP contribution in [0.1, 0.15) is 110 Å². The third-order valence-electron chi connectivity index (χ3n) is 19.6. The number of aromatic nitrogens is 3. The van der Waals surface area contributed by atoms with Crippen LogP contribution in [-0.2, 0) is 55.8 Å². The molecule has 4 fully saturated rings. The van der Waals surface area contributed by atoms with Crippen molar-refractivity contribution >= 4 is 60.7 Å². The molecule has 4 atom stereocenters. The number of nitrogens with one attached hydrogen (secondary N) is 4. The Balaban J connectivity index is 0.000000174. The van der Waals surface area contributed by atoms with E-state index in [1.807, 2.05) is 49.4 Å². The second-order valence-corrected chi connectivity index (χ2v) is 28.8. The fourth-order valence-electron chi connectivity index (χ4n) is 15.0. The number of rotatable bonds is 15. The first-order valence-corrected chi connectivity index (χ1v) is 33.5. The molecular formula is C67H72ClF2N9O8S2+2. The smallest absolute Gasteiger partial charge is 0.369 e. The minimum Gasteiger partial charge on any atom is -0.369 e. The van der Waals surface area contributed by atoms with Crippen LogP contribution in [0, 0.1) is 31.4 Å². The molecular weight excluding hydrogens is 1200 g/mol. The van der Waals surface area contributed by atoms with Gasteiger partial charge in [0.25, 0.3) is 11.8 Å². The Morgan fingerprint density at radius 1 is 0.730 bits per heavy atom. The maximum Gasteiger partial charge on any atom is 0.387 e. The van der Waals surface area contributed by atoms with Crippen molar-refractivity contribution in [2.45, 2.75) is 111 Å². The van der Waals surface area contributed by atoms with Crippen molar-refractivity contribution in [2.24, 2.45) is 13.0 Å². The predicted octanol–water partition coefficient (Wildman–Crippen LogP) is 9.53. The molecule has 1 saturated carbocycles. The Hall–Kier alpha value is -7.34. The highest BCUT2D eigenvalue weighted by Crippen LogP contribution is 2.64. The SMILES string of the molecule is C=CCC1C2(CCNCC2)c2cc(C(=O)NCc3ncccc3C)ccc2[N+]1(C1COC1)S(=O)(=O)c1ccc(F)cc1.Cc1cc(C(=O)[N+]2(S(=O)(=O)c3ccc(F)cc3)c3ccc(C(=O)NCc4ccccc4Cl)cc3C3(CCNCC3)C2C2CC2)nn1C. The number of ether oxygens (including phenoxy) is 1. The van der Waals surface area contributed by atoms with Crippen LogP contribution in [-0.4, -0.2) is 107 Å². The Labute approximate surface area is 522 Å². The van der Waals surface area contributed by atoms with Gasteiger partial charge in [0.05, 0.1) is 23.1 Å². The number of halogens is 3. The van der Waals surface area contributed by atoms with Crippen molar-refractivity contribution in [3.05, 3.63) is 213 Å². The number of sulfonamides is 2. The van der Waals surface area contributed by atoms with E-state index in [1.54, 1.807) is 67.3 Å². The van der Waals surface area contributed by atoms with E-state index in [1.165, 1.54) is 36.4 Å². The summed E-state index contributed by atoms with van der Waals surface area (Å²) in [5, 5.41) is 17.8. The van der Waals surface area contributed by atoms with E-state index in [9.17, 15) is 26.8 Å². The number of aryl methyl sites for hydroxylation is 3. The van der Waals surface area contributed by atoms with E-state index in [0.29, 0.717) is 84.0 Å². The van der Waals surface area contributed by atoms with Gasteiger partial charge in [-0.15, -0.1) is 10.5 Å². The number of hydrogen-bond donors (Lipinski definition) is 4. The molecule has 2 spiro atoms. The number of pyridine rings is 1. The molecule has 2 aromatic heterocycles. The Morgan fingerprint density at radius 3 is 1.83 bits per heavy atom. The number of carbonyl (C=O) groups excluding carboxylic acids is 3. The summed E-state index contributed by atoms with van der Waals surface area (Å²) in [4.78, 5) is 46.6. The van der Waals surface area contributed by atoms with Crippen LogP contribution in [0.25, 0.3) is 0 Å². The lowest BCUT2D eigenvalue weighted by molar-refractivity contribution is -0.0485. The third-order valence-corrected chi connectivity index (χ3v) is 24.6. The minimum absolute atomic E-state index is 0.0415. The monoisotopic (exact) mass is 1270 g/mol. The lowest BCUT2D eigenvalue weighted by Gasteiger charge is -2.50. The number of quaternary nitrogens is 2. The zero-order chi connectivity index (χ0) is 62.7. The average molecular weight is 1270 g/mol.